The van der Waals surface area contributed by atoms with Crippen LogP contribution in [-0.4, -0.2) is 22.8 Å². The minimum atomic E-state index is 0.337. The van der Waals surface area contributed by atoms with Crippen LogP contribution < -0.4 is 0 Å². The number of hydrogen-bond donors (Lipinski definition) is 0. The Balaban J connectivity index is 1.32. The fraction of sp³-hybridized carbons (Fsp3) is 0.654. The third kappa shape index (κ3) is 6.30. The van der Waals surface area contributed by atoms with Gasteiger partial charge in [0.15, 0.2) is 0 Å². The van der Waals surface area contributed by atoms with Crippen molar-refractivity contribution in [2.24, 2.45) is 5.92 Å². The number of carbonyl (C=O) groups excluding carboxylic acids is 1. The number of Topliss-reactive ketones (excluding diaryl/α,β-unsaturated/α-hetero) is 1. The van der Waals surface area contributed by atoms with Gasteiger partial charge in [0.1, 0.15) is 5.78 Å². The second-order valence-corrected chi connectivity index (χ2v) is 8.98. The first-order chi connectivity index (χ1) is 13.8. The molecule has 2 aliphatic rings. The summed E-state index contributed by atoms with van der Waals surface area (Å²) >= 11 is 0. The fourth-order valence-electron chi connectivity index (χ4n) is 5.27. The van der Waals surface area contributed by atoms with Crippen molar-refractivity contribution in [2.45, 2.75) is 102 Å². The van der Waals surface area contributed by atoms with E-state index >= 15 is 0 Å². The van der Waals surface area contributed by atoms with Crippen LogP contribution in [0.1, 0.15) is 89.0 Å². The molecular weight excluding hydrogens is 342 g/mol. The van der Waals surface area contributed by atoms with Crippen LogP contribution in [0.2, 0.25) is 0 Å². The molecule has 0 spiro atoms. The zero-order valence-electron chi connectivity index (χ0n) is 17.7. The Morgan fingerprint density at radius 1 is 0.929 bits per heavy atom. The molecule has 2 heteroatoms. The second-order valence-electron chi connectivity index (χ2n) is 8.98. The summed E-state index contributed by atoms with van der Waals surface area (Å²) < 4.78 is 0. The first kappa shape index (κ1) is 21.3. The van der Waals surface area contributed by atoms with Crippen LogP contribution in [-0.2, 0) is 11.3 Å². The molecule has 2 bridgehead atoms. The number of ketones is 1. The third-order valence-electron chi connectivity index (χ3n) is 6.88. The summed E-state index contributed by atoms with van der Waals surface area (Å²) in [5, 5.41) is 0. The topological polar surface area (TPSA) is 20.3 Å². The summed E-state index contributed by atoms with van der Waals surface area (Å²) in [4.78, 5) is 15.4. The van der Waals surface area contributed by atoms with Gasteiger partial charge in [-0.05, 0) is 50.5 Å². The molecule has 2 nitrogen and oxygen atoms in total. The highest BCUT2D eigenvalue weighted by atomic mass is 16.1. The molecule has 2 unspecified atom stereocenters. The van der Waals surface area contributed by atoms with Crippen molar-refractivity contribution in [3.63, 3.8) is 0 Å². The van der Waals surface area contributed by atoms with Gasteiger partial charge in [0.05, 0.1) is 0 Å². The fourth-order valence-corrected chi connectivity index (χ4v) is 5.27. The number of allylic oxidation sites excluding steroid dienone is 1. The maximum absolute atomic E-state index is 12.8. The second kappa shape index (κ2) is 11.6. The Labute approximate surface area is 172 Å². The van der Waals surface area contributed by atoms with E-state index in [1.54, 1.807) is 0 Å². The minimum Gasteiger partial charge on any atom is -0.299 e. The van der Waals surface area contributed by atoms with Crippen molar-refractivity contribution in [2.75, 3.05) is 0 Å². The summed E-state index contributed by atoms with van der Waals surface area (Å²) in [6.07, 6.45) is 17.7. The molecule has 28 heavy (non-hydrogen) atoms. The van der Waals surface area contributed by atoms with Crippen molar-refractivity contribution in [1.82, 2.24) is 4.90 Å². The molecule has 2 heterocycles. The number of nitrogens with zero attached hydrogens (tertiary/aromatic N) is 1. The number of fused-ring (bicyclic) bond motifs is 2. The quantitative estimate of drug-likeness (QED) is 0.280. The Kier molecular flexibility index (Phi) is 8.79. The predicted octanol–water partition coefficient (Wildman–Crippen LogP) is 6.70. The van der Waals surface area contributed by atoms with Gasteiger partial charge >= 0.3 is 0 Å². The average Bonchev–Trinajstić information content (AvgIpc) is 2.94. The van der Waals surface area contributed by atoms with E-state index < -0.39 is 0 Å². The van der Waals surface area contributed by atoms with E-state index in [2.05, 4.69) is 41.8 Å². The van der Waals surface area contributed by atoms with E-state index in [-0.39, 0.29) is 0 Å². The van der Waals surface area contributed by atoms with Gasteiger partial charge < -0.3 is 0 Å². The van der Waals surface area contributed by atoms with Crippen LogP contribution in [0.4, 0.5) is 0 Å². The Morgan fingerprint density at radius 2 is 1.54 bits per heavy atom. The number of unbranched alkanes of at least 4 members (excludes halogenated alkanes) is 7. The van der Waals surface area contributed by atoms with Crippen LogP contribution in [0.25, 0.3) is 0 Å². The molecule has 2 atom stereocenters. The molecule has 3 rings (SSSR count). The first-order valence-corrected chi connectivity index (χ1v) is 11.7. The van der Waals surface area contributed by atoms with Gasteiger partial charge in [0.2, 0.25) is 0 Å². The zero-order valence-corrected chi connectivity index (χ0v) is 17.7. The van der Waals surface area contributed by atoms with Crippen molar-refractivity contribution >= 4 is 5.78 Å². The van der Waals surface area contributed by atoms with Gasteiger partial charge in [0.25, 0.3) is 0 Å². The van der Waals surface area contributed by atoms with E-state index in [1.165, 1.54) is 56.9 Å². The molecular formula is C26H39NO. The molecule has 154 valence electrons. The highest BCUT2D eigenvalue weighted by Crippen LogP contribution is 2.40. The largest absolute Gasteiger partial charge is 0.299 e. The molecule has 2 fully saturated rings. The summed E-state index contributed by atoms with van der Waals surface area (Å²) in [6.45, 7) is 4.83. The summed E-state index contributed by atoms with van der Waals surface area (Å²) in [7, 11) is 0. The molecule has 2 aliphatic heterocycles. The van der Waals surface area contributed by atoms with Crippen LogP contribution in [0.3, 0.4) is 0 Å². The number of benzene rings is 1. The van der Waals surface area contributed by atoms with Crippen molar-refractivity contribution in [3.8, 4) is 0 Å². The van der Waals surface area contributed by atoms with Crippen LogP contribution >= 0.6 is 0 Å². The normalized spacial score (nSPS) is 24.4. The van der Waals surface area contributed by atoms with Gasteiger partial charge in [-0.2, -0.15) is 0 Å². The van der Waals surface area contributed by atoms with E-state index in [0.717, 1.165) is 38.6 Å². The molecule has 0 N–H and O–H groups in total. The lowest BCUT2D eigenvalue weighted by atomic mass is 9.85. The maximum atomic E-state index is 12.8. The average molecular weight is 382 g/mol. The Bertz CT molecular complexity index is 582. The minimum absolute atomic E-state index is 0.337. The lowest BCUT2D eigenvalue weighted by Gasteiger charge is -2.38. The smallest absolute Gasteiger partial charge is 0.136 e. The highest BCUT2D eigenvalue weighted by Gasteiger charge is 2.42. The SMILES string of the molecule is C=CCCCCCCCCCC(=O)C1CC2CCC(C1)N2Cc1ccccc1. The van der Waals surface area contributed by atoms with Gasteiger partial charge in [0, 0.05) is 31.0 Å². The number of hydrogen-bond acceptors (Lipinski definition) is 2. The van der Waals surface area contributed by atoms with Crippen LogP contribution in [0, 0.1) is 5.92 Å². The van der Waals surface area contributed by atoms with Crippen molar-refractivity contribution < 1.29 is 4.79 Å². The van der Waals surface area contributed by atoms with Crippen LogP contribution in [0.15, 0.2) is 43.0 Å². The molecule has 0 radical (unpaired) electrons. The van der Waals surface area contributed by atoms with E-state index in [1.807, 2.05) is 6.08 Å². The standard InChI is InChI=1S/C26H39NO/c1-2-3-4-5-6-7-8-9-13-16-26(28)23-19-24-17-18-25(20-23)27(24)21-22-14-11-10-12-15-22/h2,10-12,14-15,23-25H,1,3-9,13,16-21H2. The van der Waals surface area contributed by atoms with E-state index in [9.17, 15) is 4.79 Å². The summed E-state index contributed by atoms with van der Waals surface area (Å²) in [5.74, 6) is 0.894. The molecule has 0 saturated carbocycles. The van der Waals surface area contributed by atoms with E-state index in [0.29, 0.717) is 23.8 Å². The monoisotopic (exact) mass is 381 g/mol. The molecule has 1 aromatic rings. The number of rotatable bonds is 13. The lowest BCUT2D eigenvalue weighted by Crippen LogP contribution is -2.44. The zero-order chi connectivity index (χ0) is 19.6. The highest BCUT2D eigenvalue weighted by molar-refractivity contribution is 5.81. The summed E-state index contributed by atoms with van der Waals surface area (Å²) in [5.41, 5.74) is 1.41. The van der Waals surface area contributed by atoms with Gasteiger partial charge in [-0.25, -0.2) is 0 Å². The Hall–Kier alpha value is -1.41. The number of piperidine rings is 1. The number of carbonyl (C=O) groups is 1. The van der Waals surface area contributed by atoms with Crippen molar-refractivity contribution in [1.29, 1.82) is 0 Å². The lowest BCUT2D eigenvalue weighted by molar-refractivity contribution is -0.125. The van der Waals surface area contributed by atoms with Gasteiger partial charge in [-0.1, -0.05) is 68.5 Å². The molecule has 0 aliphatic carbocycles. The maximum Gasteiger partial charge on any atom is 0.136 e. The third-order valence-corrected chi connectivity index (χ3v) is 6.88. The molecule has 2 saturated heterocycles. The van der Waals surface area contributed by atoms with E-state index in [4.69, 9.17) is 0 Å². The molecule has 0 aromatic heterocycles. The predicted molar refractivity (Wildman–Crippen MR) is 118 cm³/mol. The first-order valence-electron chi connectivity index (χ1n) is 11.7. The van der Waals surface area contributed by atoms with Gasteiger partial charge in [-0.15, -0.1) is 6.58 Å². The Morgan fingerprint density at radius 3 is 2.18 bits per heavy atom. The van der Waals surface area contributed by atoms with Gasteiger partial charge in [-0.3, -0.25) is 9.69 Å². The van der Waals surface area contributed by atoms with Crippen molar-refractivity contribution in [3.05, 3.63) is 48.6 Å². The molecule has 1 aromatic carbocycles. The summed E-state index contributed by atoms with van der Waals surface area (Å²) in [6, 6.07) is 12.1. The van der Waals surface area contributed by atoms with Crippen LogP contribution in [0.5, 0.6) is 0 Å². The molecule has 0 amide bonds.